The number of benzene rings is 2. The zero-order valence-corrected chi connectivity index (χ0v) is 14.7. The fourth-order valence-corrected chi connectivity index (χ4v) is 2.62. The van der Waals surface area contributed by atoms with Gasteiger partial charge >= 0.3 is 0 Å². The molecule has 0 spiro atoms. The van der Waals surface area contributed by atoms with E-state index in [1.807, 2.05) is 36.4 Å². The van der Waals surface area contributed by atoms with Crippen LogP contribution in [0, 0.1) is 0 Å². The van der Waals surface area contributed by atoms with Crippen molar-refractivity contribution in [3.63, 3.8) is 0 Å². The molecule has 1 N–H and O–H groups in total. The summed E-state index contributed by atoms with van der Waals surface area (Å²) < 4.78 is 0. The van der Waals surface area contributed by atoms with Crippen molar-refractivity contribution in [3.05, 3.63) is 64.1 Å². The Kier molecular flexibility index (Phi) is 6.46. The molecule has 0 fully saturated rings. The summed E-state index contributed by atoms with van der Waals surface area (Å²) in [4.78, 5) is 14.4. The Hall–Kier alpha value is -1.55. The summed E-state index contributed by atoms with van der Waals surface area (Å²) in [5, 5.41) is 4.09. The topological polar surface area (TPSA) is 32.3 Å². The molecule has 0 heterocycles. The summed E-state index contributed by atoms with van der Waals surface area (Å²) in [5.74, 6) is -0.0890. The quantitative estimate of drug-likeness (QED) is 0.807. The molecule has 0 aliphatic carbocycles. The summed E-state index contributed by atoms with van der Waals surface area (Å²) in [6, 6.07) is 15.1. The van der Waals surface area contributed by atoms with Gasteiger partial charge in [-0.3, -0.25) is 9.69 Å². The molecule has 2 aromatic rings. The van der Waals surface area contributed by atoms with E-state index < -0.39 is 0 Å². The van der Waals surface area contributed by atoms with E-state index in [9.17, 15) is 4.79 Å². The molecular formula is C18H20Cl2N2O. The predicted octanol–water partition coefficient (Wildman–Crippen LogP) is 4.84. The lowest BCUT2D eigenvalue weighted by molar-refractivity contribution is -0.117. The van der Waals surface area contributed by atoms with E-state index in [-0.39, 0.29) is 18.5 Å². The Balaban J connectivity index is 2.01. The van der Waals surface area contributed by atoms with Gasteiger partial charge in [0.15, 0.2) is 0 Å². The first-order chi connectivity index (χ1) is 11.0. The smallest absolute Gasteiger partial charge is 0.238 e. The number of hydrogen-bond acceptors (Lipinski definition) is 2. The van der Waals surface area contributed by atoms with Gasteiger partial charge in [0.2, 0.25) is 5.91 Å². The lowest BCUT2D eigenvalue weighted by Gasteiger charge is -2.26. The van der Waals surface area contributed by atoms with Crippen molar-refractivity contribution in [2.24, 2.45) is 0 Å². The highest BCUT2D eigenvalue weighted by Gasteiger charge is 2.15. The van der Waals surface area contributed by atoms with Crippen LogP contribution < -0.4 is 5.32 Å². The van der Waals surface area contributed by atoms with Gasteiger partial charge in [-0.15, -0.1) is 0 Å². The molecule has 0 aromatic heterocycles. The first kappa shape index (κ1) is 17.8. The van der Waals surface area contributed by atoms with Crippen molar-refractivity contribution >= 4 is 34.8 Å². The SMILES string of the molecule is CC(C)N(CC(=O)Nc1ccccc1Cl)Cc1cccc(Cl)c1. The van der Waals surface area contributed by atoms with Crippen LogP contribution in [0.1, 0.15) is 19.4 Å². The Morgan fingerprint density at radius 1 is 1.13 bits per heavy atom. The predicted molar refractivity (Wildman–Crippen MR) is 97.1 cm³/mol. The molecule has 0 radical (unpaired) electrons. The number of halogens is 2. The molecule has 0 unspecified atom stereocenters. The molecule has 2 rings (SSSR count). The third kappa shape index (κ3) is 5.54. The van der Waals surface area contributed by atoms with Gasteiger partial charge in [-0.2, -0.15) is 0 Å². The zero-order chi connectivity index (χ0) is 16.8. The number of anilines is 1. The number of amides is 1. The highest BCUT2D eigenvalue weighted by Crippen LogP contribution is 2.20. The van der Waals surface area contributed by atoms with E-state index in [1.165, 1.54) is 0 Å². The number of carbonyl (C=O) groups excluding carboxylic acids is 1. The van der Waals surface area contributed by atoms with Crippen LogP contribution >= 0.6 is 23.2 Å². The summed E-state index contributed by atoms with van der Waals surface area (Å²) in [5.41, 5.74) is 1.71. The first-order valence-electron chi connectivity index (χ1n) is 7.48. The van der Waals surface area contributed by atoms with Crippen LogP contribution in [0.15, 0.2) is 48.5 Å². The Labute approximate surface area is 147 Å². The minimum Gasteiger partial charge on any atom is -0.324 e. The molecule has 5 heteroatoms. The maximum atomic E-state index is 12.3. The number of rotatable bonds is 6. The molecule has 0 atom stereocenters. The number of carbonyl (C=O) groups is 1. The summed E-state index contributed by atoms with van der Waals surface area (Å²) >= 11 is 12.1. The minimum absolute atomic E-state index is 0.0890. The third-order valence-corrected chi connectivity index (χ3v) is 4.06. The lowest BCUT2D eigenvalue weighted by Crippen LogP contribution is -2.37. The number of nitrogens with one attached hydrogen (secondary N) is 1. The van der Waals surface area contributed by atoms with Crippen molar-refractivity contribution in [1.82, 2.24) is 4.90 Å². The monoisotopic (exact) mass is 350 g/mol. The highest BCUT2D eigenvalue weighted by molar-refractivity contribution is 6.33. The van der Waals surface area contributed by atoms with Gasteiger partial charge in [-0.1, -0.05) is 47.5 Å². The number of para-hydroxylation sites is 1. The molecule has 2 aromatic carbocycles. The van der Waals surface area contributed by atoms with Gasteiger partial charge in [0.05, 0.1) is 17.3 Å². The Morgan fingerprint density at radius 3 is 2.52 bits per heavy atom. The number of hydrogen-bond donors (Lipinski definition) is 1. The maximum Gasteiger partial charge on any atom is 0.238 e. The molecule has 23 heavy (non-hydrogen) atoms. The van der Waals surface area contributed by atoms with E-state index in [0.29, 0.717) is 22.3 Å². The van der Waals surface area contributed by atoms with E-state index in [1.54, 1.807) is 12.1 Å². The van der Waals surface area contributed by atoms with Gasteiger partial charge in [0.1, 0.15) is 0 Å². The number of nitrogens with zero attached hydrogens (tertiary/aromatic N) is 1. The van der Waals surface area contributed by atoms with Crippen molar-refractivity contribution in [2.45, 2.75) is 26.4 Å². The van der Waals surface area contributed by atoms with Crippen LogP contribution in [0.25, 0.3) is 0 Å². The van der Waals surface area contributed by atoms with Crippen molar-refractivity contribution in [3.8, 4) is 0 Å². The second-order valence-corrected chi connectivity index (χ2v) is 6.50. The third-order valence-electron chi connectivity index (χ3n) is 3.50. The highest BCUT2D eigenvalue weighted by atomic mass is 35.5. The second kappa shape index (κ2) is 8.34. The molecule has 0 saturated carbocycles. The molecule has 0 aliphatic heterocycles. The maximum absolute atomic E-state index is 12.3. The second-order valence-electron chi connectivity index (χ2n) is 5.66. The largest absolute Gasteiger partial charge is 0.324 e. The van der Waals surface area contributed by atoms with Crippen LogP contribution in [0.5, 0.6) is 0 Å². The summed E-state index contributed by atoms with van der Waals surface area (Å²) in [7, 11) is 0. The Morgan fingerprint density at radius 2 is 1.87 bits per heavy atom. The summed E-state index contributed by atoms with van der Waals surface area (Å²) in [6.45, 7) is 5.07. The van der Waals surface area contributed by atoms with E-state index in [0.717, 1.165) is 5.56 Å². The van der Waals surface area contributed by atoms with Crippen LogP contribution in [-0.4, -0.2) is 23.4 Å². The fourth-order valence-electron chi connectivity index (χ4n) is 2.23. The van der Waals surface area contributed by atoms with Crippen LogP contribution in [0.4, 0.5) is 5.69 Å². The first-order valence-corrected chi connectivity index (χ1v) is 8.24. The van der Waals surface area contributed by atoms with Crippen LogP contribution in [0.2, 0.25) is 10.0 Å². The van der Waals surface area contributed by atoms with Crippen molar-refractivity contribution < 1.29 is 4.79 Å². The van der Waals surface area contributed by atoms with E-state index in [4.69, 9.17) is 23.2 Å². The zero-order valence-electron chi connectivity index (χ0n) is 13.2. The average molecular weight is 351 g/mol. The summed E-state index contributed by atoms with van der Waals surface area (Å²) in [6.07, 6.45) is 0. The van der Waals surface area contributed by atoms with Crippen LogP contribution in [-0.2, 0) is 11.3 Å². The molecule has 1 amide bonds. The molecule has 0 saturated heterocycles. The minimum atomic E-state index is -0.0890. The van der Waals surface area contributed by atoms with Gasteiger partial charge in [0.25, 0.3) is 0 Å². The van der Waals surface area contributed by atoms with Crippen molar-refractivity contribution in [1.29, 1.82) is 0 Å². The average Bonchev–Trinajstić information content (AvgIpc) is 2.49. The molecule has 122 valence electrons. The molecular weight excluding hydrogens is 331 g/mol. The fraction of sp³-hybridized carbons (Fsp3) is 0.278. The van der Waals surface area contributed by atoms with Gasteiger partial charge in [-0.25, -0.2) is 0 Å². The van der Waals surface area contributed by atoms with E-state index in [2.05, 4.69) is 24.1 Å². The van der Waals surface area contributed by atoms with Crippen LogP contribution in [0.3, 0.4) is 0 Å². The van der Waals surface area contributed by atoms with Crippen molar-refractivity contribution in [2.75, 3.05) is 11.9 Å². The molecule has 0 aliphatic rings. The Bertz CT molecular complexity index is 674. The standard InChI is InChI=1S/C18H20Cl2N2O/c1-13(2)22(11-14-6-5-7-15(19)10-14)12-18(23)21-17-9-4-3-8-16(17)20/h3-10,13H,11-12H2,1-2H3,(H,21,23). The van der Waals surface area contributed by atoms with Gasteiger partial charge in [-0.05, 0) is 43.7 Å². The molecule has 0 bridgehead atoms. The van der Waals surface area contributed by atoms with Gasteiger partial charge in [0, 0.05) is 17.6 Å². The van der Waals surface area contributed by atoms with E-state index >= 15 is 0 Å². The van der Waals surface area contributed by atoms with Gasteiger partial charge < -0.3 is 5.32 Å². The lowest BCUT2D eigenvalue weighted by atomic mass is 10.2. The molecule has 3 nitrogen and oxygen atoms in total. The normalized spacial score (nSPS) is 11.0.